The van der Waals surface area contributed by atoms with Gasteiger partial charge < -0.3 is 20.5 Å². The number of aromatic amines is 1. The maximum absolute atomic E-state index is 13.7. The first-order valence-corrected chi connectivity index (χ1v) is 12.3. The summed E-state index contributed by atoms with van der Waals surface area (Å²) in [7, 11) is 2.07. The van der Waals surface area contributed by atoms with Crippen molar-refractivity contribution in [1.29, 1.82) is 0 Å². The highest BCUT2D eigenvalue weighted by Crippen LogP contribution is 2.26. The standard InChI is InChI=1S/C23H25ClFN5O2S.ClH/c1-30-7-6-17-20(11-30)33-23(29-17)22(32)28-16-5-3-2-4-15(16)27-21(31)19-9-12-8-13(24)14(25)10-18(12)26-19;/h8-10,15-16,26H,2-7,11H2,1H3,(H,27,31)(H,28,32);1H/t15-,16-;/m0./s1. The highest BCUT2D eigenvalue weighted by molar-refractivity contribution is 7.13. The third-order valence-corrected chi connectivity index (χ3v) is 7.79. The minimum Gasteiger partial charge on any atom is -0.350 e. The number of halogens is 3. The van der Waals surface area contributed by atoms with Gasteiger partial charge in [-0.3, -0.25) is 9.59 Å². The number of likely N-dealkylation sites (N-methyl/N-ethyl adjacent to an activating group) is 1. The molecule has 5 rings (SSSR count). The Labute approximate surface area is 211 Å². The smallest absolute Gasteiger partial charge is 0.280 e. The van der Waals surface area contributed by atoms with Crippen LogP contribution in [0.1, 0.15) is 56.5 Å². The fourth-order valence-corrected chi connectivity index (χ4v) is 5.89. The molecule has 0 unspecified atom stereocenters. The summed E-state index contributed by atoms with van der Waals surface area (Å²) in [5.74, 6) is -1.01. The fraction of sp³-hybridized carbons (Fsp3) is 0.435. The molecule has 0 spiro atoms. The molecule has 34 heavy (non-hydrogen) atoms. The number of fused-ring (bicyclic) bond motifs is 2. The van der Waals surface area contributed by atoms with Crippen molar-refractivity contribution >= 4 is 58.1 Å². The summed E-state index contributed by atoms with van der Waals surface area (Å²) >= 11 is 7.31. The van der Waals surface area contributed by atoms with Crippen LogP contribution in [0.5, 0.6) is 0 Å². The van der Waals surface area contributed by atoms with Gasteiger partial charge in [-0.1, -0.05) is 24.4 Å². The number of carbonyl (C=O) groups excluding carboxylic acids is 2. The van der Waals surface area contributed by atoms with Crippen molar-refractivity contribution in [1.82, 2.24) is 25.5 Å². The molecule has 11 heteroatoms. The first-order valence-electron chi connectivity index (χ1n) is 11.1. The van der Waals surface area contributed by atoms with Crippen LogP contribution in [0.15, 0.2) is 18.2 Å². The summed E-state index contributed by atoms with van der Waals surface area (Å²) in [4.78, 5) is 36.8. The van der Waals surface area contributed by atoms with Gasteiger partial charge in [-0.05, 0) is 38.1 Å². The molecule has 0 bridgehead atoms. The van der Waals surface area contributed by atoms with Gasteiger partial charge in [-0.2, -0.15) is 0 Å². The van der Waals surface area contributed by atoms with E-state index in [1.807, 2.05) is 0 Å². The molecule has 2 aromatic heterocycles. The van der Waals surface area contributed by atoms with Gasteiger partial charge in [-0.15, -0.1) is 23.7 Å². The number of aromatic nitrogens is 2. The van der Waals surface area contributed by atoms with Crippen LogP contribution in [0.2, 0.25) is 5.02 Å². The lowest BCUT2D eigenvalue weighted by Crippen LogP contribution is -2.53. The summed E-state index contributed by atoms with van der Waals surface area (Å²) in [6.07, 6.45) is 4.38. The van der Waals surface area contributed by atoms with Crippen LogP contribution in [-0.2, 0) is 13.0 Å². The van der Waals surface area contributed by atoms with Gasteiger partial charge in [0.2, 0.25) is 0 Å². The van der Waals surface area contributed by atoms with E-state index in [-0.39, 0.29) is 41.3 Å². The van der Waals surface area contributed by atoms with Crippen molar-refractivity contribution in [2.75, 3.05) is 13.6 Å². The zero-order valence-corrected chi connectivity index (χ0v) is 21.0. The molecule has 1 saturated carbocycles. The Kier molecular flexibility index (Phi) is 7.47. The molecule has 0 saturated heterocycles. The molecule has 1 aromatic carbocycles. The van der Waals surface area contributed by atoms with Gasteiger partial charge in [0.1, 0.15) is 11.5 Å². The number of nitrogens with one attached hydrogen (secondary N) is 3. The highest BCUT2D eigenvalue weighted by Gasteiger charge is 2.30. The first kappa shape index (κ1) is 24.9. The minimum atomic E-state index is -0.538. The van der Waals surface area contributed by atoms with E-state index in [9.17, 15) is 14.0 Å². The SMILES string of the molecule is CN1CCc2nc(C(=O)N[C@H]3CCCC[C@@H]3NC(=O)c3cc4cc(Cl)c(F)cc4[nH]3)sc2C1.Cl. The van der Waals surface area contributed by atoms with E-state index in [4.69, 9.17) is 11.6 Å². The second-order valence-electron chi connectivity index (χ2n) is 8.86. The summed E-state index contributed by atoms with van der Waals surface area (Å²) in [5.41, 5.74) is 1.86. The van der Waals surface area contributed by atoms with Crippen LogP contribution < -0.4 is 10.6 Å². The Morgan fingerprint density at radius 3 is 2.62 bits per heavy atom. The Bertz CT molecular complexity index is 1190. The van der Waals surface area contributed by atoms with E-state index in [1.165, 1.54) is 23.5 Å². The average Bonchev–Trinajstić information content (AvgIpc) is 3.39. The van der Waals surface area contributed by atoms with Gasteiger partial charge in [0, 0.05) is 47.4 Å². The van der Waals surface area contributed by atoms with Gasteiger partial charge in [-0.25, -0.2) is 9.37 Å². The average molecular weight is 526 g/mol. The van der Waals surface area contributed by atoms with Gasteiger partial charge in [0.15, 0.2) is 5.01 Å². The molecular formula is C23H26Cl2FN5O2S. The number of thiazole rings is 1. The molecule has 3 aromatic rings. The predicted octanol–water partition coefficient (Wildman–Crippen LogP) is 4.30. The molecule has 2 aliphatic rings. The second kappa shape index (κ2) is 10.2. The second-order valence-corrected chi connectivity index (χ2v) is 10.3. The van der Waals surface area contributed by atoms with E-state index >= 15 is 0 Å². The number of hydrogen-bond donors (Lipinski definition) is 3. The lowest BCUT2D eigenvalue weighted by atomic mass is 9.90. The summed E-state index contributed by atoms with van der Waals surface area (Å²) in [6.45, 7) is 1.77. The predicted molar refractivity (Wildman–Crippen MR) is 134 cm³/mol. The van der Waals surface area contributed by atoms with Crippen molar-refractivity contribution in [3.63, 3.8) is 0 Å². The normalized spacial score (nSPS) is 20.4. The monoisotopic (exact) mass is 525 g/mol. The Morgan fingerprint density at radius 1 is 1.18 bits per heavy atom. The zero-order valence-electron chi connectivity index (χ0n) is 18.6. The van der Waals surface area contributed by atoms with E-state index in [0.717, 1.165) is 55.8 Å². The highest BCUT2D eigenvalue weighted by atomic mass is 35.5. The number of rotatable bonds is 4. The molecule has 3 N–H and O–H groups in total. The number of benzene rings is 1. The van der Waals surface area contributed by atoms with Crippen molar-refractivity contribution in [2.45, 2.75) is 50.7 Å². The molecule has 1 aliphatic carbocycles. The molecule has 1 aliphatic heterocycles. The molecule has 1 fully saturated rings. The summed E-state index contributed by atoms with van der Waals surface area (Å²) in [5, 5.41) is 7.32. The van der Waals surface area contributed by atoms with Gasteiger partial charge in [0.25, 0.3) is 11.8 Å². The number of hydrogen-bond acceptors (Lipinski definition) is 5. The minimum absolute atomic E-state index is 0. The third kappa shape index (κ3) is 5.07. The quantitative estimate of drug-likeness (QED) is 0.473. The van der Waals surface area contributed by atoms with Crippen molar-refractivity contribution in [3.8, 4) is 0 Å². The van der Waals surface area contributed by atoms with Gasteiger partial charge >= 0.3 is 0 Å². The van der Waals surface area contributed by atoms with Crippen LogP contribution in [-0.4, -0.2) is 52.4 Å². The largest absolute Gasteiger partial charge is 0.350 e. The number of carbonyl (C=O) groups is 2. The van der Waals surface area contributed by atoms with Crippen molar-refractivity contribution < 1.29 is 14.0 Å². The van der Waals surface area contributed by atoms with E-state index in [2.05, 4.69) is 32.5 Å². The number of H-pyrrole nitrogens is 1. The first-order chi connectivity index (χ1) is 15.9. The topological polar surface area (TPSA) is 90.1 Å². The van der Waals surface area contributed by atoms with E-state index in [1.54, 1.807) is 6.07 Å². The number of nitrogens with zero attached hydrogens (tertiary/aromatic N) is 2. The van der Waals surface area contributed by atoms with Crippen molar-refractivity contribution in [2.24, 2.45) is 0 Å². The van der Waals surface area contributed by atoms with E-state index in [0.29, 0.717) is 21.6 Å². The Hall–Kier alpha value is -2.20. The third-order valence-electron chi connectivity index (χ3n) is 6.42. The molecule has 2 amide bonds. The Balaban J connectivity index is 0.00000274. The molecule has 2 atom stereocenters. The zero-order chi connectivity index (χ0) is 23.1. The summed E-state index contributed by atoms with van der Waals surface area (Å²) < 4.78 is 13.7. The molecular weight excluding hydrogens is 500 g/mol. The van der Waals surface area contributed by atoms with Crippen LogP contribution in [0.25, 0.3) is 10.9 Å². The van der Waals surface area contributed by atoms with Crippen LogP contribution >= 0.6 is 35.3 Å². The lowest BCUT2D eigenvalue weighted by Gasteiger charge is -2.32. The molecule has 3 heterocycles. The van der Waals surface area contributed by atoms with Crippen LogP contribution in [0.3, 0.4) is 0 Å². The molecule has 0 radical (unpaired) electrons. The fourth-order valence-electron chi connectivity index (χ4n) is 4.62. The maximum Gasteiger partial charge on any atom is 0.280 e. The van der Waals surface area contributed by atoms with E-state index < -0.39 is 5.82 Å². The molecule has 182 valence electrons. The molecule has 7 nitrogen and oxygen atoms in total. The maximum atomic E-state index is 13.7. The lowest BCUT2D eigenvalue weighted by molar-refractivity contribution is 0.0860. The number of amides is 2. The summed E-state index contributed by atoms with van der Waals surface area (Å²) in [6, 6.07) is 4.07. The Morgan fingerprint density at radius 2 is 1.88 bits per heavy atom. The van der Waals surface area contributed by atoms with Crippen LogP contribution in [0.4, 0.5) is 4.39 Å². The van der Waals surface area contributed by atoms with Crippen LogP contribution in [0, 0.1) is 5.82 Å². The van der Waals surface area contributed by atoms with Gasteiger partial charge in [0.05, 0.1) is 10.7 Å². The van der Waals surface area contributed by atoms with Crippen molar-refractivity contribution in [3.05, 3.63) is 50.3 Å².